The second kappa shape index (κ2) is 7.05. The van der Waals surface area contributed by atoms with E-state index in [9.17, 15) is 4.39 Å². The van der Waals surface area contributed by atoms with Crippen molar-refractivity contribution in [2.24, 2.45) is 5.73 Å². The maximum Gasteiger partial charge on any atom is 0.129 e. The third-order valence-corrected chi connectivity index (χ3v) is 4.12. The molecule has 112 valence electrons. The predicted octanol–water partition coefficient (Wildman–Crippen LogP) is 4.42. The van der Waals surface area contributed by atoms with Crippen molar-refractivity contribution in [3.63, 3.8) is 0 Å². The summed E-state index contributed by atoms with van der Waals surface area (Å²) in [5.74, 6) is -0.231. The van der Waals surface area contributed by atoms with Crippen molar-refractivity contribution in [2.45, 2.75) is 19.9 Å². The molecule has 1 unspecified atom stereocenters. The molecule has 0 saturated heterocycles. The van der Waals surface area contributed by atoms with Crippen LogP contribution in [0.4, 0.5) is 10.1 Å². The third-order valence-electron chi connectivity index (χ3n) is 3.63. The summed E-state index contributed by atoms with van der Waals surface area (Å²) in [7, 11) is 0. The molecule has 0 heterocycles. The summed E-state index contributed by atoms with van der Waals surface area (Å²) >= 11 is 3.29. The van der Waals surface area contributed by atoms with Gasteiger partial charge in [-0.25, -0.2) is 4.39 Å². The Labute approximate surface area is 133 Å². The van der Waals surface area contributed by atoms with Gasteiger partial charge in [-0.2, -0.15) is 0 Å². The minimum atomic E-state index is -0.231. The lowest BCUT2D eigenvalue weighted by atomic mass is 10.0. The number of rotatable bonds is 5. The molecule has 0 saturated carbocycles. The zero-order valence-corrected chi connectivity index (χ0v) is 13.9. The molecular formula is C17H20BrFN2. The van der Waals surface area contributed by atoms with Crippen molar-refractivity contribution in [1.82, 2.24) is 0 Å². The summed E-state index contributed by atoms with van der Waals surface area (Å²) in [6.45, 7) is 5.23. The van der Waals surface area contributed by atoms with Gasteiger partial charge in [0.2, 0.25) is 0 Å². The number of anilines is 1. The van der Waals surface area contributed by atoms with Crippen LogP contribution >= 0.6 is 15.9 Å². The van der Waals surface area contributed by atoms with E-state index < -0.39 is 0 Å². The highest BCUT2D eigenvalue weighted by Crippen LogP contribution is 2.29. The van der Waals surface area contributed by atoms with Crippen molar-refractivity contribution in [1.29, 1.82) is 0 Å². The molecule has 0 aliphatic heterocycles. The molecule has 0 radical (unpaired) electrons. The Morgan fingerprint density at radius 1 is 1.19 bits per heavy atom. The fourth-order valence-corrected chi connectivity index (χ4v) is 2.85. The first kappa shape index (κ1) is 16.0. The van der Waals surface area contributed by atoms with Crippen LogP contribution in [0.25, 0.3) is 0 Å². The monoisotopic (exact) mass is 350 g/mol. The summed E-state index contributed by atoms with van der Waals surface area (Å²) < 4.78 is 15.0. The van der Waals surface area contributed by atoms with Gasteiger partial charge in [0.1, 0.15) is 5.82 Å². The van der Waals surface area contributed by atoms with Gasteiger partial charge >= 0.3 is 0 Å². The van der Waals surface area contributed by atoms with Gasteiger partial charge in [-0.15, -0.1) is 0 Å². The first-order valence-corrected chi connectivity index (χ1v) is 7.84. The van der Waals surface area contributed by atoms with Crippen molar-refractivity contribution in [2.75, 3.05) is 18.0 Å². The quantitative estimate of drug-likeness (QED) is 0.864. The lowest BCUT2D eigenvalue weighted by Crippen LogP contribution is -2.34. The predicted molar refractivity (Wildman–Crippen MR) is 90.1 cm³/mol. The molecular weight excluding hydrogens is 331 g/mol. The zero-order valence-electron chi connectivity index (χ0n) is 12.3. The van der Waals surface area contributed by atoms with E-state index in [4.69, 9.17) is 5.73 Å². The number of halogens is 2. The Hall–Kier alpha value is -1.39. The van der Waals surface area contributed by atoms with Crippen LogP contribution in [0.5, 0.6) is 0 Å². The number of hydrogen-bond donors (Lipinski definition) is 1. The highest BCUT2D eigenvalue weighted by atomic mass is 79.9. The lowest BCUT2D eigenvalue weighted by molar-refractivity contribution is 0.561. The molecule has 2 aromatic rings. The first-order chi connectivity index (χ1) is 10.1. The van der Waals surface area contributed by atoms with Crippen molar-refractivity contribution < 1.29 is 4.39 Å². The number of hydrogen-bond acceptors (Lipinski definition) is 2. The molecule has 2 nitrogen and oxygen atoms in total. The van der Waals surface area contributed by atoms with Crippen molar-refractivity contribution >= 4 is 21.6 Å². The van der Waals surface area contributed by atoms with Crippen LogP contribution in [0.2, 0.25) is 0 Å². The van der Waals surface area contributed by atoms with Gasteiger partial charge in [0.05, 0.1) is 6.04 Å². The van der Waals surface area contributed by atoms with Crippen LogP contribution in [0.15, 0.2) is 46.9 Å². The van der Waals surface area contributed by atoms with E-state index in [1.54, 1.807) is 6.07 Å². The van der Waals surface area contributed by atoms with Gasteiger partial charge in [0.15, 0.2) is 0 Å². The van der Waals surface area contributed by atoms with E-state index in [-0.39, 0.29) is 11.9 Å². The molecule has 21 heavy (non-hydrogen) atoms. The van der Waals surface area contributed by atoms with Crippen molar-refractivity contribution in [3.8, 4) is 0 Å². The van der Waals surface area contributed by atoms with Gasteiger partial charge in [0.25, 0.3) is 0 Å². The van der Waals surface area contributed by atoms with Gasteiger partial charge < -0.3 is 10.6 Å². The molecule has 0 spiro atoms. The second-order valence-electron chi connectivity index (χ2n) is 5.04. The highest BCUT2D eigenvalue weighted by molar-refractivity contribution is 9.10. The summed E-state index contributed by atoms with van der Waals surface area (Å²) in [5.41, 5.74) is 8.82. The lowest BCUT2D eigenvalue weighted by Gasteiger charge is -2.32. The Bertz CT molecular complexity index is 598. The minimum Gasteiger partial charge on any atom is -0.363 e. The van der Waals surface area contributed by atoms with E-state index >= 15 is 0 Å². The van der Waals surface area contributed by atoms with E-state index in [0.29, 0.717) is 12.1 Å². The molecule has 0 aliphatic carbocycles. The minimum absolute atomic E-state index is 0.175. The fourth-order valence-electron chi connectivity index (χ4n) is 2.51. The Morgan fingerprint density at radius 3 is 2.38 bits per heavy atom. The Kier molecular flexibility index (Phi) is 5.37. The Morgan fingerprint density at radius 2 is 1.86 bits per heavy atom. The number of nitrogens with two attached hydrogens (primary N) is 1. The molecule has 2 rings (SSSR count). The number of nitrogens with zero attached hydrogens (tertiary/aromatic N) is 1. The normalized spacial score (nSPS) is 12.2. The van der Waals surface area contributed by atoms with E-state index in [1.807, 2.05) is 6.07 Å². The molecule has 0 amide bonds. The molecule has 2 N–H and O–H groups in total. The topological polar surface area (TPSA) is 29.3 Å². The first-order valence-electron chi connectivity index (χ1n) is 7.05. The number of benzene rings is 2. The van der Waals surface area contributed by atoms with Crippen LogP contribution in [-0.2, 0) is 0 Å². The summed E-state index contributed by atoms with van der Waals surface area (Å²) in [6.07, 6.45) is 0. The number of aryl methyl sites for hydroxylation is 1. The average molecular weight is 351 g/mol. The zero-order chi connectivity index (χ0) is 15.4. The van der Waals surface area contributed by atoms with Gasteiger partial charge in [-0.05, 0) is 38.1 Å². The molecule has 1 atom stereocenters. The smallest absolute Gasteiger partial charge is 0.129 e. The summed E-state index contributed by atoms with van der Waals surface area (Å²) in [4.78, 5) is 2.13. The van der Waals surface area contributed by atoms with Crippen molar-refractivity contribution in [3.05, 3.63) is 63.9 Å². The Balaban J connectivity index is 2.39. The van der Waals surface area contributed by atoms with Crippen LogP contribution in [0, 0.1) is 12.7 Å². The third kappa shape index (κ3) is 3.63. The highest BCUT2D eigenvalue weighted by Gasteiger charge is 2.21. The van der Waals surface area contributed by atoms with Crippen LogP contribution in [0.3, 0.4) is 0 Å². The fraction of sp³-hybridized carbons (Fsp3) is 0.294. The maximum atomic E-state index is 14.3. The van der Waals surface area contributed by atoms with Gasteiger partial charge in [-0.3, -0.25) is 0 Å². The van der Waals surface area contributed by atoms with Crippen LogP contribution < -0.4 is 10.6 Å². The SMILES string of the molecule is CCN(c1ccc(C)cc1)C(CN)c1ccc(Br)cc1F. The molecule has 0 fully saturated rings. The van der Waals surface area contributed by atoms with E-state index in [0.717, 1.165) is 16.7 Å². The average Bonchev–Trinajstić information content (AvgIpc) is 2.47. The second-order valence-corrected chi connectivity index (χ2v) is 5.95. The summed E-state index contributed by atoms with van der Waals surface area (Å²) in [5, 5.41) is 0. The van der Waals surface area contributed by atoms with Gasteiger partial charge in [0, 0.05) is 28.8 Å². The van der Waals surface area contributed by atoms with Crippen LogP contribution in [-0.4, -0.2) is 13.1 Å². The number of likely N-dealkylation sites (N-methyl/N-ethyl adjacent to an activating group) is 1. The molecule has 0 aromatic heterocycles. The summed E-state index contributed by atoms with van der Waals surface area (Å²) in [6, 6.07) is 13.2. The molecule has 4 heteroatoms. The van der Waals surface area contributed by atoms with E-state index in [1.165, 1.54) is 11.6 Å². The standard InChI is InChI=1S/C17H20BrFN2/c1-3-21(14-7-4-12(2)5-8-14)17(11-20)15-9-6-13(18)10-16(15)19/h4-10,17H,3,11,20H2,1-2H3. The molecule has 0 aliphatic rings. The van der Waals surface area contributed by atoms with Gasteiger partial charge in [-0.1, -0.05) is 39.7 Å². The molecule has 0 bridgehead atoms. The maximum absolute atomic E-state index is 14.3. The van der Waals surface area contributed by atoms with Crippen LogP contribution in [0.1, 0.15) is 24.1 Å². The van der Waals surface area contributed by atoms with E-state index in [2.05, 4.69) is 58.9 Å². The largest absolute Gasteiger partial charge is 0.363 e. The molecule has 2 aromatic carbocycles.